The molecule has 1 amide bonds. The molecule has 134 valence electrons. The van der Waals surface area contributed by atoms with Gasteiger partial charge in [-0.2, -0.15) is 8.78 Å². The Morgan fingerprint density at radius 1 is 1.36 bits per heavy atom. The van der Waals surface area contributed by atoms with Gasteiger partial charge in [0.05, 0.1) is 10.9 Å². The third-order valence-electron chi connectivity index (χ3n) is 3.82. The number of carbonyl (C=O) groups excluding carboxylic acids is 1. The average Bonchev–Trinajstić information content (AvgIpc) is 3.34. The standard InChI is InChI=1S/C16H18F2N4O2S/c1-9(25-16-21-20-13(22(16)2)10-7-8-10)14(23)19-11-5-3-4-6-12(11)24-15(17)18/h3-6,9-10,15H,7-8H2,1-2H3,(H,19,23)/t9-/m1/s1. The monoisotopic (exact) mass is 368 g/mol. The first-order chi connectivity index (χ1) is 12.0. The zero-order valence-corrected chi connectivity index (χ0v) is 14.6. The first-order valence-corrected chi connectivity index (χ1v) is 8.74. The normalized spacial score (nSPS) is 15.2. The van der Waals surface area contributed by atoms with Crippen LogP contribution in [-0.2, 0) is 11.8 Å². The van der Waals surface area contributed by atoms with Crippen LogP contribution in [0.4, 0.5) is 14.5 Å². The SMILES string of the molecule is C[C@@H](Sc1nnc(C2CC2)n1C)C(=O)Nc1ccccc1OC(F)F. The summed E-state index contributed by atoms with van der Waals surface area (Å²) >= 11 is 1.27. The van der Waals surface area contributed by atoms with Crippen molar-refractivity contribution in [2.24, 2.45) is 7.05 Å². The molecular weight excluding hydrogens is 350 g/mol. The van der Waals surface area contributed by atoms with Gasteiger partial charge >= 0.3 is 6.61 Å². The van der Waals surface area contributed by atoms with Crippen LogP contribution in [0, 0.1) is 0 Å². The molecule has 1 heterocycles. The Labute approximate surface area is 148 Å². The molecular formula is C16H18F2N4O2S. The second-order valence-electron chi connectivity index (χ2n) is 5.80. The van der Waals surface area contributed by atoms with E-state index in [1.165, 1.54) is 23.9 Å². The maximum absolute atomic E-state index is 12.4. The van der Waals surface area contributed by atoms with Crippen molar-refractivity contribution in [3.8, 4) is 5.75 Å². The zero-order chi connectivity index (χ0) is 18.0. The van der Waals surface area contributed by atoms with Gasteiger partial charge in [0.2, 0.25) is 5.91 Å². The molecule has 1 saturated carbocycles. The summed E-state index contributed by atoms with van der Waals surface area (Å²) in [5.41, 5.74) is 0.205. The number of halogens is 2. The number of nitrogens with zero attached hydrogens (tertiary/aromatic N) is 3. The first kappa shape index (κ1) is 17.7. The summed E-state index contributed by atoms with van der Waals surface area (Å²) in [6, 6.07) is 6.09. The van der Waals surface area contributed by atoms with E-state index < -0.39 is 11.9 Å². The molecule has 0 unspecified atom stereocenters. The minimum atomic E-state index is -2.95. The van der Waals surface area contributed by atoms with Gasteiger partial charge in [-0.05, 0) is 31.9 Å². The lowest BCUT2D eigenvalue weighted by Crippen LogP contribution is -2.23. The molecule has 1 aliphatic carbocycles. The number of anilines is 1. The second kappa shape index (κ2) is 7.38. The van der Waals surface area contributed by atoms with Crippen LogP contribution in [0.15, 0.2) is 29.4 Å². The number of carbonyl (C=O) groups is 1. The number of amides is 1. The summed E-state index contributed by atoms with van der Waals surface area (Å²) in [7, 11) is 1.88. The number of thioether (sulfide) groups is 1. The van der Waals surface area contributed by atoms with E-state index in [4.69, 9.17) is 0 Å². The average molecular weight is 368 g/mol. The van der Waals surface area contributed by atoms with E-state index in [0.717, 1.165) is 18.7 Å². The van der Waals surface area contributed by atoms with E-state index in [1.54, 1.807) is 19.1 Å². The molecule has 3 rings (SSSR count). The van der Waals surface area contributed by atoms with Crippen LogP contribution < -0.4 is 10.1 Å². The lowest BCUT2D eigenvalue weighted by Gasteiger charge is -2.14. The third kappa shape index (κ3) is 4.28. The van der Waals surface area contributed by atoms with Crippen LogP contribution in [0.5, 0.6) is 5.75 Å². The van der Waals surface area contributed by atoms with Crippen molar-refractivity contribution in [1.82, 2.24) is 14.8 Å². The van der Waals surface area contributed by atoms with Crippen molar-refractivity contribution in [3.05, 3.63) is 30.1 Å². The molecule has 2 aromatic rings. The van der Waals surface area contributed by atoms with Gasteiger partial charge in [0.1, 0.15) is 11.6 Å². The van der Waals surface area contributed by atoms with Gasteiger partial charge in [0, 0.05) is 13.0 Å². The molecule has 1 aromatic carbocycles. The Bertz CT molecular complexity index is 764. The second-order valence-corrected chi connectivity index (χ2v) is 7.11. The molecule has 0 radical (unpaired) electrons. The largest absolute Gasteiger partial charge is 0.433 e. The Morgan fingerprint density at radius 3 is 2.76 bits per heavy atom. The summed E-state index contributed by atoms with van der Waals surface area (Å²) in [4.78, 5) is 12.4. The van der Waals surface area contributed by atoms with Crippen LogP contribution in [0.2, 0.25) is 0 Å². The summed E-state index contributed by atoms with van der Waals surface area (Å²) in [5.74, 6) is 1.00. The van der Waals surface area contributed by atoms with Crippen molar-refractivity contribution in [3.63, 3.8) is 0 Å². The number of benzene rings is 1. The van der Waals surface area contributed by atoms with Gasteiger partial charge in [-0.25, -0.2) is 0 Å². The number of nitrogens with one attached hydrogen (secondary N) is 1. The predicted octanol–water partition coefficient (Wildman–Crippen LogP) is 3.41. The molecule has 1 aliphatic rings. The zero-order valence-electron chi connectivity index (χ0n) is 13.8. The fraction of sp³-hybridized carbons (Fsp3) is 0.438. The summed E-state index contributed by atoms with van der Waals surface area (Å²) in [6.07, 6.45) is 2.24. The van der Waals surface area contributed by atoms with E-state index in [-0.39, 0.29) is 17.3 Å². The van der Waals surface area contributed by atoms with Gasteiger partial charge in [0.25, 0.3) is 0 Å². The summed E-state index contributed by atoms with van der Waals surface area (Å²) in [5, 5.41) is 11.1. The number of rotatable bonds is 7. The number of alkyl halides is 2. The van der Waals surface area contributed by atoms with Crippen molar-refractivity contribution in [1.29, 1.82) is 0 Å². The molecule has 1 atom stereocenters. The van der Waals surface area contributed by atoms with E-state index in [1.807, 2.05) is 11.6 Å². The number of hydrogen-bond donors (Lipinski definition) is 1. The van der Waals surface area contributed by atoms with Gasteiger partial charge in [-0.15, -0.1) is 10.2 Å². The molecule has 9 heteroatoms. The van der Waals surface area contributed by atoms with E-state index in [0.29, 0.717) is 11.1 Å². The highest BCUT2D eigenvalue weighted by Gasteiger charge is 2.30. The Balaban J connectivity index is 1.65. The summed E-state index contributed by atoms with van der Waals surface area (Å²) in [6.45, 7) is -1.23. The lowest BCUT2D eigenvalue weighted by molar-refractivity contribution is -0.115. The van der Waals surface area contributed by atoms with E-state index >= 15 is 0 Å². The highest BCUT2D eigenvalue weighted by atomic mass is 32.2. The molecule has 6 nitrogen and oxygen atoms in total. The molecule has 0 aliphatic heterocycles. The minimum Gasteiger partial charge on any atom is -0.433 e. The van der Waals surface area contributed by atoms with Crippen molar-refractivity contribution in [2.45, 2.75) is 42.7 Å². The molecule has 25 heavy (non-hydrogen) atoms. The fourth-order valence-corrected chi connectivity index (χ4v) is 3.16. The summed E-state index contributed by atoms with van der Waals surface area (Å²) < 4.78 is 31.2. The smallest absolute Gasteiger partial charge is 0.387 e. The predicted molar refractivity (Wildman–Crippen MR) is 90.0 cm³/mol. The Morgan fingerprint density at radius 2 is 2.08 bits per heavy atom. The molecule has 0 saturated heterocycles. The van der Waals surface area contributed by atoms with Crippen LogP contribution in [0.25, 0.3) is 0 Å². The molecule has 1 N–H and O–H groups in total. The van der Waals surface area contributed by atoms with E-state index in [2.05, 4.69) is 20.3 Å². The molecule has 0 bridgehead atoms. The van der Waals surface area contributed by atoms with Gasteiger partial charge < -0.3 is 14.6 Å². The lowest BCUT2D eigenvalue weighted by atomic mass is 10.3. The highest BCUT2D eigenvalue weighted by molar-refractivity contribution is 8.00. The number of aromatic nitrogens is 3. The van der Waals surface area contributed by atoms with Gasteiger partial charge in [0.15, 0.2) is 5.16 Å². The molecule has 1 fully saturated rings. The van der Waals surface area contributed by atoms with Crippen molar-refractivity contribution < 1.29 is 18.3 Å². The van der Waals surface area contributed by atoms with Crippen LogP contribution in [-0.4, -0.2) is 32.5 Å². The number of hydrogen-bond acceptors (Lipinski definition) is 5. The van der Waals surface area contributed by atoms with Crippen molar-refractivity contribution >= 4 is 23.4 Å². The molecule has 1 aromatic heterocycles. The Hall–Kier alpha value is -2.16. The van der Waals surface area contributed by atoms with Gasteiger partial charge in [-0.1, -0.05) is 23.9 Å². The molecule has 0 spiro atoms. The quantitative estimate of drug-likeness (QED) is 0.759. The number of ether oxygens (including phenoxy) is 1. The first-order valence-electron chi connectivity index (χ1n) is 7.86. The van der Waals surface area contributed by atoms with Crippen molar-refractivity contribution in [2.75, 3.05) is 5.32 Å². The third-order valence-corrected chi connectivity index (χ3v) is 4.96. The highest BCUT2D eigenvalue weighted by Crippen LogP contribution is 2.39. The minimum absolute atomic E-state index is 0.0715. The Kier molecular flexibility index (Phi) is 5.22. The maximum Gasteiger partial charge on any atom is 0.387 e. The van der Waals surface area contributed by atoms with Crippen LogP contribution >= 0.6 is 11.8 Å². The van der Waals surface area contributed by atoms with Gasteiger partial charge in [-0.3, -0.25) is 4.79 Å². The topological polar surface area (TPSA) is 69.0 Å². The number of para-hydroxylation sites is 2. The maximum atomic E-state index is 12.4. The van der Waals surface area contributed by atoms with Crippen LogP contribution in [0.1, 0.15) is 31.5 Å². The fourth-order valence-electron chi connectivity index (χ4n) is 2.34. The van der Waals surface area contributed by atoms with Crippen LogP contribution in [0.3, 0.4) is 0 Å². The van der Waals surface area contributed by atoms with E-state index in [9.17, 15) is 13.6 Å².